The fraction of sp³-hybridized carbons (Fsp3) is 0.692. The summed E-state index contributed by atoms with van der Waals surface area (Å²) in [5.41, 5.74) is 1.49. The first-order chi connectivity index (χ1) is 7.59. The van der Waals surface area contributed by atoms with Gasteiger partial charge in [0, 0.05) is 4.88 Å². The van der Waals surface area contributed by atoms with E-state index in [1.54, 1.807) is 11.3 Å². The molecule has 1 aromatic rings. The summed E-state index contributed by atoms with van der Waals surface area (Å²) < 4.78 is 0.893. The SMILES string of the molecule is CCC1(C(Cl)c2cc(C)c(Cl)s2)CCCC1. The molecule has 1 fully saturated rings. The Labute approximate surface area is 112 Å². The highest BCUT2D eigenvalue weighted by Gasteiger charge is 2.40. The Bertz CT molecular complexity index is 345. The quantitative estimate of drug-likeness (QED) is 0.598. The highest BCUT2D eigenvalue weighted by atomic mass is 35.5. The van der Waals surface area contributed by atoms with E-state index in [1.165, 1.54) is 37.0 Å². The van der Waals surface area contributed by atoms with Crippen molar-refractivity contribution >= 4 is 34.5 Å². The monoisotopic (exact) mass is 276 g/mol. The van der Waals surface area contributed by atoms with Crippen LogP contribution >= 0.6 is 34.5 Å². The van der Waals surface area contributed by atoms with Crippen LogP contribution in [0.3, 0.4) is 0 Å². The average Bonchev–Trinajstić information content (AvgIpc) is 2.87. The number of halogens is 2. The second-order valence-electron chi connectivity index (χ2n) is 4.89. The maximum Gasteiger partial charge on any atom is 0.0960 e. The number of aryl methyl sites for hydroxylation is 1. The van der Waals surface area contributed by atoms with Gasteiger partial charge in [0.1, 0.15) is 0 Å². The van der Waals surface area contributed by atoms with Crippen molar-refractivity contribution in [2.45, 2.75) is 51.3 Å². The number of hydrogen-bond acceptors (Lipinski definition) is 1. The standard InChI is InChI=1S/C13H18Cl2S/c1-3-13(6-4-5-7-13)11(14)10-8-9(2)12(15)16-10/h8,11H,3-7H2,1-2H3. The van der Waals surface area contributed by atoms with Gasteiger partial charge in [-0.05, 0) is 43.2 Å². The third kappa shape index (κ3) is 2.14. The molecule has 0 nitrogen and oxygen atoms in total. The predicted octanol–water partition coefficient (Wildman–Crippen LogP) is 5.96. The molecule has 16 heavy (non-hydrogen) atoms. The van der Waals surface area contributed by atoms with Crippen LogP contribution in [0.2, 0.25) is 4.34 Å². The average molecular weight is 277 g/mol. The molecule has 0 amide bonds. The van der Waals surface area contributed by atoms with Crippen molar-refractivity contribution in [3.63, 3.8) is 0 Å². The van der Waals surface area contributed by atoms with E-state index >= 15 is 0 Å². The molecule has 1 aliphatic rings. The maximum atomic E-state index is 6.71. The minimum Gasteiger partial charge on any atom is -0.127 e. The molecular formula is C13H18Cl2S. The predicted molar refractivity (Wildman–Crippen MR) is 73.9 cm³/mol. The van der Waals surface area contributed by atoms with E-state index in [9.17, 15) is 0 Å². The molecule has 1 atom stereocenters. The summed E-state index contributed by atoms with van der Waals surface area (Å²) in [6.45, 7) is 4.32. The van der Waals surface area contributed by atoms with Gasteiger partial charge in [0.15, 0.2) is 0 Å². The molecule has 0 saturated heterocycles. The first-order valence-electron chi connectivity index (χ1n) is 5.99. The van der Waals surface area contributed by atoms with Crippen LogP contribution in [0.1, 0.15) is 54.8 Å². The summed E-state index contributed by atoms with van der Waals surface area (Å²) >= 11 is 14.5. The number of hydrogen-bond donors (Lipinski definition) is 0. The fourth-order valence-electron chi connectivity index (χ4n) is 2.78. The molecule has 3 heteroatoms. The molecule has 2 rings (SSSR count). The summed E-state index contributed by atoms with van der Waals surface area (Å²) in [6.07, 6.45) is 6.37. The zero-order valence-electron chi connectivity index (χ0n) is 9.85. The Kier molecular flexibility index (Phi) is 3.88. The Morgan fingerprint density at radius 2 is 2.06 bits per heavy atom. The Morgan fingerprint density at radius 1 is 1.44 bits per heavy atom. The fourth-order valence-corrected chi connectivity index (χ4v) is 4.68. The molecule has 1 aromatic heterocycles. The van der Waals surface area contributed by atoms with Gasteiger partial charge in [0.25, 0.3) is 0 Å². The molecule has 0 aromatic carbocycles. The molecule has 0 radical (unpaired) electrons. The van der Waals surface area contributed by atoms with E-state index in [-0.39, 0.29) is 5.38 Å². The maximum absolute atomic E-state index is 6.71. The van der Waals surface area contributed by atoms with Gasteiger partial charge in [0.2, 0.25) is 0 Å². The van der Waals surface area contributed by atoms with Crippen LogP contribution in [0.4, 0.5) is 0 Å². The summed E-state index contributed by atoms with van der Waals surface area (Å²) in [7, 11) is 0. The zero-order valence-corrected chi connectivity index (χ0v) is 12.2. The molecule has 0 aliphatic heterocycles. The topological polar surface area (TPSA) is 0 Å². The summed E-state index contributed by atoms with van der Waals surface area (Å²) in [5, 5.41) is 0.149. The van der Waals surface area contributed by atoms with E-state index in [0.717, 1.165) is 9.90 Å². The molecule has 1 saturated carbocycles. The van der Waals surface area contributed by atoms with Gasteiger partial charge in [-0.1, -0.05) is 31.4 Å². The molecule has 1 unspecified atom stereocenters. The molecule has 90 valence electrons. The van der Waals surface area contributed by atoms with Gasteiger partial charge >= 0.3 is 0 Å². The molecule has 0 spiro atoms. The molecule has 1 heterocycles. The normalized spacial score (nSPS) is 21.2. The molecule has 0 bridgehead atoms. The van der Waals surface area contributed by atoms with Crippen LogP contribution < -0.4 is 0 Å². The second-order valence-corrected chi connectivity index (χ2v) is 7.01. The minimum atomic E-state index is 0.149. The van der Waals surface area contributed by atoms with Crippen LogP contribution in [0.5, 0.6) is 0 Å². The summed E-state index contributed by atoms with van der Waals surface area (Å²) in [5.74, 6) is 0. The molecular weight excluding hydrogens is 259 g/mol. The summed E-state index contributed by atoms with van der Waals surface area (Å²) in [4.78, 5) is 1.26. The first kappa shape index (κ1) is 12.7. The second kappa shape index (κ2) is 4.88. The lowest BCUT2D eigenvalue weighted by Gasteiger charge is -2.32. The molecule has 0 N–H and O–H groups in total. The highest BCUT2D eigenvalue weighted by molar-refractivity contribution is 7.16. The first-order valence-corrected chi connectivity index (χ1v) is 7.62. The Balaban J connectivity index is 2.26. The van der Waals surface area contributed by atoms with Crippen molar-refractivity contribution in [1.29, 1.82) is 0 Å². The van der Waals surface area contributed by atoms with Crippen LogP contribution in [-0.2, 0) is 0 Å². The van der Waals surface area contributed by atoms with Gasteiger partial charge in [-0.3, -0.25) is 0 Å². The largest absolute Gasteiger partial charge is 0.127 e. The van der Waals surface area contributed by atoms with Gasteiger partial charge in [-0.15, -0.1) is 22.9 Å². The third-order valence-electron chi connectivity index (χ3n) is 3.97. The van der Waals surface area contributed by atoms with Crippen LogP contribution in [0, 0.1) is 12.3 Å². The van der Waals surface area contributed by atoms with E-state index < -0.39 is 0 Å². The van der Waals surface area contributed by atoms with E-state index in [0.29, 0.717) is 5.41 Å². The lowest BCUT2D eigenvalue weighted by Crippen LogP contribution is -2.20. The van der Waals surface area contributed by atoms with E-state index in [2.05, 4.69) is 19.9 Å². The number of alkyl halides is 1. The van der Waals surface area contributed by atoms with Crippen molar-refractivity contribution in [2.75, 3.05) is 0 Å². The number of rotatable bonds is 3. The zero-order chi connectivity index (χ0) is 11.8. The van der Waals surface area contributed by atoms with Gasteiger partial charge in [0.05, 0.1) is 9.71 Å². The van der Waals surface area contributed by atoms with Crippen molar-refractivity contribution in [1.82, 2.24) is 0 Å². The van der Waals surface area contributed by atoms with E-state index in [1.807, 2.05) is 0 Å². The van der Waals surface area contributed by atoms with Gasteiger partial charge < -0.3 is 0 Å². The highest BCUT2D eigenvalue weighted by Crippen LogP contribution is 2.54. The van der Waals surface area contributed by atoms with Crippen LogP contribution in [-0.4, -0.2) is 0 Å². The number of thiophene rings is 1. The van der Waals surface area contributed by atoms with Gasteiger partial charge in [-0.25, -0.2) is 0 Å². The Hall–Kier alpha value is 0.280. The van der Waals surface area contributed by atoms with Crippen molar-refractivity contribution in [2.24, 2.45) is 5.41 Å². The van der Waals surface area contributed by atoms with Gasteiger partial charge in [-0.2, -0.15) is 0 Å². The van der Waals surface area contributed by atoms with Crippen LogP contribution in [0.25, 0.3) is 0 Å². The lowest BCUT2D eigenvalue weighted by atomic mass is 9.79. The van der Waals surface area contributed by atoms with Crippen molar-refractivity contribution < 1.29 is 0 Å². The summed E-state index contributed by atoms with van der Waals surface area (Å²) in [6, 6.07) is 2.17. The third-order valence-corrected chi connectivity index (χ3v) is 6.41. The Morgan fingerprint density at radius 3 is 2.50 bits per heavy atom. The van der Waals surface area contributed by atoms with Crippen molar-refractivity contribution in [3.8, 4) is 0 Å². The smallest absolute Gasteiger partial charge is 0.0960 e. The molecule has 1 aliphatic carbocycles. The van der Waals surface area contributed by atoms with Crippen LogP contribution in [0.15, 0.2) is 6.07 Å². The van der Waals surface area contributed by atoms with E-state index in [4.69, 9.17) is 23.2 Å². The van der Waals surface area contributed by atoms with Crippen molar-refractivity contribution in [3.05, 3.63) is 20.8 Å². The lowest BCUT2D eigenvalue weighted by molar-refractivity contribution is 0.273. The minimum absolute atomic E-state index is 0.149.